The average Bonchev–Trinajstić information content (AvgIpc) is 2.08. The van der Waals surface area contributed by atoms with Crippen LogP contribution in [0.2, 0.25) is 0 Å². The summed E-state index contributed by atoms with van der Waals surface area (Å²) < 4.78 is 0. The predicted molar refractivity (Wildman–Crippen MR) is 48.4 cm³/mol. The minimum absolute atomic E-state index is 0.00993. The quantitative estimate of drug-likeness (QED) is 0.617. The number of hydrogen-bond acceptors (Lipinski definition) is 2. The number of nitrogens with two attached hydrogens (primary N) is 1. The number of hydrogen-bond donors (Lipinski definition) is 2. The third-order valence-corrected chi connectivity index (χ3v) is 2.58. The van der Waals surface area contributed by atoms with Gasteiger partial charge in [-0.3, -0.25) is 0 Å². The van der Waals surface area contributed by atoms with E-state index in [1.54, 1.807) is 0 Å². The molecule has 0 aliphatic rings. The number of rotatable bonds is 6. The summed E-state index contributed by atoms with van der Waals surface area (Å²) in [5.41, 5.74) is 5.62. The Bertz CT molecular complexity index is 81.3. The molecule has 68 valence electrons. The van der Waals surface area contributed by atoms with Gasteiger partial charge < -0.3 is 10.8 Å². The molecule has 0 aromatic carbocycles. The van der Waals surface area contributed by atoms with Gasteiger partial charge in [-0.15, -0.1) is 0 Å². The molecular formula is C9H21NO. The largest absolute Gasteiger partial charge is 0.396 e. The van der Waals surface area contributed by atoms with Crippen molar-refractivity contribution in [3.05, 3.63) is 0 Å². The van der Waals surface area contributed by atoms with Gasteiger partial charge in [-0.2, -0.15) is 0 Å². The molecule has 0 rings (SSSR count). The highest BCUT2D eigenvalue weighted by Gasteiger charge is 2.24. The van der Waals surface area contributed by atoms with E-state index in [4.69, 9.17) is 10.8 Å². The lowest BCUT2D eigenvalue weighted by molar-refractivity contribution is 0.115. The van der Waals surface area contributed by atoms with Crippen LogP contribution in [0, 0.1) is 5.41 Å². The van der Waals surface area contributed by atoms with Gasteiger partial charge in [0.1, 0.15) is 0 Å². The lowest BCUT2D eigenvalue weighted by Crippen LogP contribution is -2.33. The van der Waals surface area contributed by atoms with Crippen LogP contribution in [0.4, 0.5) is 0 Å². The standard InChI is InChI=1S/C9H21NO/c1-3-5-6-9(4-2,7-10)8-11/h11H,3-8,10H2,1-2H3. The van der Waals surface area contributed by atoms with Gasteiger partial charge in [-0.05, 0) is 12.8 Å². The van der Waals surface area contributed by atoms with Gasteiger partial charge >= 0.3 is 0 Å². The molecular weight excluding hydrogens is 138 g/mol. The second-order valence-electron chi connectivity index (χ2n) is 3.32. The van der Waals surface area contributed by atoms with Crippen molar-refractivity contribution in [2.75, 3.05) is 13.2 Å². The van der Waals surface area contributed by atoms with Crippen LogP contribution < -0.4 is 5.73 Å². The zero-order valence-electron chi connectivity index (χ0n) is 7.77. The molecule has 0 fully saturated rings. The van der Waals surface area contributed by atoms with E-state index in [1.165, 1.54) is 12.8 Å². The highest BCUT2D eigenvalue weighted by Crippen LogP contribution is 2.26. The molecule has 2 heteroatoms. The molecule has 0 saturated heterocycles. The second-order valence-corrected chi connectivity index (χ2v) is 3.32. The fourth-order valence-electron chi connectivity index (χ4n) is 1.23. The van der Waals surface area contributed by atoms with Gasteiger partial charge in [0.15, 0.2) is 0 Å². The Kier molecular flexibility index (Phi) is 5.51. The normalized spacial score (nSPS) is 16.4. The molecule has 0 spiro atoms. The average molecular weight is 159 g/mol. The summed E-state index contributed by atoms with van der Waals surface area (Å²) in [7, 11) is 0. The monoisotopic (exact) mass is 159 g/mol. The Labute approximate surface area is 69.8 Å². The van der Waals surface area contributed by atoms with E-state index in [9.17, 15) is 0 Å². The van der Waals surface area contributed by atoms with Gasteiger partial charge in [-0.1, -0.05) is 26.7 Å². The van der Waals surface area contributed by atoms with Crippen molar-refractivity contribution >= 4 is 0 Å². The van der Waals surface area contributed by atoms with E-state index in [2.05, 4.69) is 13.8 Å². The van der Waals surface area contributed by atoms with Crippen molar-refractivity contribution in [3.63, 3.8) is 0 Å². The SMILES string of the molecule is CCCCC(CC)(CN)CO. The van der Waals surface area contributed by atoms with Crippen molar-refractivity contribution < 1.29 is 5.11 Å². The lowest BCUT2D eigenvalue weighted by Gasteiger charge is -2.28. The van der Waals surface area contributed by atoms with Crippen LogP contribution in [0.3, 0.4) is 0 Å². The van der Waals surface area contributed by atoms with Crippen LogP contribution in [0.5, 0.6) is 0 Å². The summed E-state index contributed by atoms with van der Waals surface area (Å²) in [5.74, 6) is 0. The van der Waals surface area contributed by atoms with Crippen LogP contribution >= 0.6 is 0 Å². The van der Waals surface area contributed by atoms with Crippen molar-refractivity contribution in [3.8, 4) is 0 Å². The van der Waals surface area contributed by atoms with Gasteiger partial charge in [0.25, 0.3) is 0 Å². The van der Waals surface area contributed by atoms with Crippen molar-refractivity contribution in [1.29, 1.82) is 0 Å². The Hall–Kier alpha value is -0.0800. The Balaban J connectivity index is 3.84. The smallest absolute Gasteiger partial charge is 0.0499 e. The zero-order chi connectivity index (χ0) is 8.74. The molecule has 0 aliphatic carbocycles. The van der Waals surface area contributed by atoms with E-state index < -0.39 is 0 Å². The molecule has 0 heterocycles. The first-order valence-corrected chi connectivity index (χ1v) is 4.55. The molecule has 1 unspecified atom stereocenters. The number of aliphatic hydroxyl groups excluding tert-OH is 1. The molecule has 0 radical (unpaired) electrons. The topological polar surface area (TPSA) is 46.2 Å². The third-order valence-electron chi connectivity index (χ3n) is 2.58. The lowest BCUT2D eigenvalue weighted by atomic mass is 9.81. The van der Waals surface area contributed by atoms with Crippen LogP contribution in [0.25, 0.3) is 0 Å². The molecule has 0 aromatic heterocycles. The third kappa shape index (κ3) is 3.21. The van der Waals surface area contributed by atoms with Crippen LogP contribution in [0.15, 0.2) is 0 Å². The van der Waals surface area contributed by atoms with Crippen LogP contribution in [-0.2, 0) is 0 Å². The Morgan fingerprint density at radius 2 is 2.00 bits per heavy atom. The van der Waals surface area contributed by atoms with Gasteiger partial charge in [0.2, 0.25) is 0 Å². The fourth-order valence-corrected chi connectivity index (χ4v) is 1.23. The first-order valence-electron chi connectivity index (χ1n) is 4.55. The Morgan fingerprint density at radius 1 is 1.36 bits per heavy atom. The van der Waals surface area contributed by atoms with E-state index >= 15 is 0 Å². The molecule has 2 nitrogen and oxygen atoms in total. The minimum Gasteiger partial charge on any atom is -0.396 e. The summed E-state index contributed by atoms with van der Waals surface area (Å²) in [4.78, 5) is 0. The minimum atomic E-state index is 0.00993. The van der Waals surface area contributed by atoms with E-state index in [0.29, 0.717) is 6.54 Å². The van der Waals surface area contributed by atoms with Crippen molar-refractivity contribution in [2.24, 2.45) is 11.1 Å². The molecule has 0 saturated carbocycles. The van der Waals surface area contributed by atoms with Crippen molar-refractivity contribution in [1.82, 2.24) is 0 Å². The summed E-state index contributed by atoms with van der Waals surface area (Å²) >= 11 is 0. The van der Waals surface area contributed by atoms with Gasteiger partial charge in [0, 0.05) is 18.6 Å². The maximum atomic E-state index is 9.12. The van der Waals surface area contributed by atoms with Crippen molar-refractivity contribution in [2.45, 2.75) is 39.5 Å². The maximum absolute atomic E-state index is 9.12. The number of aliphatic hydroxyl groups is 1. The molecule has 3 N–H and O–H groups in total. The van der Waals surface area contributed by atoms with E-state index in [1.807, 2.05) is 0 Å². The second kappa shape index (κ2) is 5.56. The van der Waals surface area contributed by atoms with Crippen LogP contribution in [-0.4, -0.2) is 18.3 Å². The fraction of sp³-hybridized carbons (Fsp3) is 1.00. The summed E-state index contributed by atoms with van der Waals surface area (Å²) in [6.07, 6.45) is 4.40. The zero-order valence-corrected chi connectivity index (χ0v) is 7.77. The van der Waals surface area contributed by atoms with Crippen LogP contribution in [0.1, 0.15) is 39.5 Å². The molecule has 0 amide bonds. The van der Waals surface area contributed by atoms with E-state index in [-0.39, 0.29) is 12.0 Å². The maximum Gasteiger partial charge on any atom is 0.0499 e. The molecule has 0 aromatic rings. The van der Waals surface area contributed by atoms with Gasteiger partial charge in [-0.25, -0.2) is 0 Å². The molecule has 1 atom stereocenters. The van der Waals surface area contributed by atoms with E-state index in [0.717, 1.165) is 12.8 Å². The highest BCUT2D eigenvalue weighted by atomic mass is 16.3. The highest BCUT2D eigenvalue weighted by molar-refractivity contribution is 4.77. The molecule has 11 heavy (non-hydrogen) atoms. The molecule has 0 bridgehead atoms. The Morgan fingerprint density at radius 3 is 2.27 bits per heavy atom. The first kappa shape index (κ1) is 10.9. The number of unbranched alkanes of at least 4 members (excludes halogenated alkanes) is 1. The summed E-state index contributed by atoms with van der Waals surface area (Å²) in [6, 6.07) is 0. The molecule has 0 aliphatic heterocycles. The summed E-state index contributed by atoms with van der Waals surface area (Å²) in [6.45, 7) is 5.10. The van der Waals surface area contributed by atoms with Gasteiger partial charge in [0.05, 0.1) is 0 Å². The summed E-state index contributed by atoms with van der Waals surface area (Å²) in [5, 5.41) is 9.12. The predicted octanol–water partition coefficient (Wildman–Crippen LogP) is 1.52. The first-order chi connectivity index (χ1) is 5.24.